The molecule has 1 saturated heterocycles. The lowest BCUT2D eigenvalue weighted by molar-refractivity contribution is -0.142. The number of amides is 1. The lowest BCUT2D eigenvalue weighted by Crippen LogP contribution is -2.52. The zero-order valence-corrected chi connectivity index (χ0v) is 24.3. The van der Waals surface area contributed by atoms with Gasteiger partial charge in [0.1, 0.15) is 5.75 Å². The van der Waals surface area contributed by atoms with Crippen LogP contribution in [0, 0.1) is 0 Å². The average molecular weight is 520 g/mol. The molecular formula is C32H45N3O3. The molecule has 2 unspecified atom stereocenters. The minimum atomic E-state index is -0.631. The average Bonchev–Trinajstić information content (AvgIpc) is 2.95. The van der Waals surface area contributed by atoms with Crippen molar-refractivity contribution < 1.29 is 19.1 Å². The fourth-order valence-electron chi connectivity index (χ4n) is 5.09. The number of benzene rings is 1. The highest BCUT2D eigenvalue weighted by Crippen LogP contribution is 2.39. The summed E-state index contributed by atoms with van der Waals surface area (Å²) in [6, 6.07) is 5.93. The minimum absolute atomic E-state index is 0.0308. The molecule has 0 aromatic heterocycles. The third-order valence-corrected chi connectivity index (χ3v) is 8.67. The normalized spacial score (nSPS) is 19.0. The number of ketones is 1. The van der Waals surface area contributed by atoms with Crippen molar-refractivity contribution in [2.45, 2.75) is 116 Å². The van der Waals surface area contributed by atoms with Gasteiger partial charge in [-0.2, -0.15) is 4.79 Å². The van der Waals surface area contributed by atoms with Gasteiger partial charge < -0.3 is 15.2 Å². The highest BCUT2D eigenvalue weighted by atomic mass is 16.5. The van der Waals surface area contributed by atoms with Crippen LogP contribution >= 0.6 is 0 Å². The molecule has 0 saturated carbocycles. The van der Waals surface area contributed by atoms with Gasteiger partial charge in [-0.1, -0.05) is 66.7 Å². The van der Waals surface area contributed by atoms with Gasteiger partial charge >= 0.3 is 0 Å². The molecule has 1 fully saturated rings. The van der Waals surface area contributed by atoms with E-state index in [9.17, 15) is 9.59 Å². The first-order chi connectivity index (χ1) is 18.0. The van der Waals surface area contributed by atoms with Crippen molar-refractivity contribution in [1.82, 2.24) is 4.90 Å². The van der Waals surface area contributed by atoms with Crippen LogP contribution in [-0.4, -0.2) is 45.8 Å². The number of carbonyl (C=O) groups excluding carboxylic acids is 2. The topological polar surface area (TPSA) is 83.0 Å². The van der Waals surface area contributed by atoms with E-state index in [0.717, 1.165) is 37.0 Å². The summed E-state index contributed by atoms with van der Waals surface area (Å²) in [6.07, 6.45) is 9.76. The molecule has 1 heterocycles. The lowest BCUT2D eigenvalue weighted by atomic mass is 9.76. The molecule has 2 atom stereocenters. The van der Waals surface area contributed by atoms with E-state index >= 15 is 0 Å². The number of Topliss-reactive ketones (excluding diaryl/α,β-unsaturated/α-hetero) is 1. The van der Waals surface area contributed by atoms with E-state index in [1.807, 2.05) is 13.0 Å². The summed E-state index contributed by atoms with van der Waals surface area (Å²) >= 11 is 0. The van der Waals surface area contributed by atoms with Gasteiger partial charge in [0.15, 0.2) is 11.9 Å². The van der Waals surface area contributed by atoms with Crippen molar-refractivity contribution in [1.29, 1.82) is 0 Å². The van der Waals surface area contributed by atoms with Gasteiger partial charge in [-0.25, -0.2) is 0 Å². The number of hydrogen-bond acceptors (Lipinski definition) is 3. The van der Waals surface area contributed by atoms with Gasteiger partial charge in [-0.15, -0.1) is 0 Å². The first-order valence-corrected chi connectivity index (χ1v) is 14.2. The number of nitrogens with zero attached hydrogens (tertiary/aromatic N) is 3. The Labute approximate surface area is 228 Å². The van der Waals surface area contributed by atoms with Gasteiger partial charge in [-0.05, 0) is 67.1 Å². The predicted molar refractivity (Wildman–Crippen MR) is 153 cm³/mol. The molecular weight excluding hydrogens is 474 g/mol. The summed E-state index contributed by atoms with van der Waals surface area (Å²) < 4.78 is 6.54. The maximum absolute atomic E-state index is 13.9. The quantitative estimate of drug-likeness (QED) is 0.254. The van der Waals surface area contributed by atoms with Crippen molar-refractivity contribution in [2.24, 2.45) is 0 Å². The van der Waals surface area contributed by atoms with Gasteiger partial charge in [0.05, 0.1) is 12.5 Å². The summed E-state index contributed by atoms with van der Waals surface area (Å²) in [6.45, 7) is 15.9. The van der Waals surface area contributed by atoms with Crippen LogP contribution in [0.15, 0.2) is 42.0 Å². The van der Waals surface area contributed by atoms with Crippen LogP contribution < -0.4 is 4.74 Å². The molecule has 0 N–H and O–H groups in total. The largest absolute Gasteiger partial charge is 0.482 e. The van der Waals surface area contributed by atoms with Crippen molar-refractivity contribution in [3.05, 3.63) is 58.7 Å². The SMILES string of the molecule is CCC(Oc1ccc(C(C)(C)CC)cc1C(C)(C)CC)C(=O)C1CCCCN1C(=O)C1=CCC(=[N+]=[N-])C=C1. The summed E-state index contributed by atoms with van der Waals surface area (Å²) in [5.74, 6) is 0.581. The predicted octanol–water partition coefficient (Wildman–Crippen LogP) is 6.73. The second-order valence-electron chi connectivity index (χ2n) is 11.9. The first kappa shape index (κ1) is 29.6. The Balaban J connectivity index is 1.89. The van der Waals surface area contributed by atoms with Crippen LogP contribution in [-0.2, 0) is 20.4 Å². The molecule has 6 nitrogen and oxygen atoms in total. The van der Waals surface area contributed by atoms with Crippen molar-refractivity contribution in [3.63, 3.8) is 0 Å². The number of carbonyl (C=O) groups is 2. The van der Waals surface area contributed by atoms with Crippen LogP contribution in [0.4, 0.5) is 0 Å². The van der Waals surface area contributed by atoms with Crippen LogP contribution in [0.3, 0.4) is 0 Å². The number of ether oxygens (including phenoxy) is 1. The molecule has 1 aromatic rings. The molecule has 1 amide bonds. The molecule has 0 bridgehead atoms. The molecule has 1 aromatic carbocycles. The molecule has 6 heteroatoms. The Morgan fingerprint density at radius 1 is 1.08 bits per heavy atom. The summed E-state index contributed by atoms with van der Waals surface area (Å²) in [4.78, 5) is 32.3. The van der Waals surface area contributed by atoms with Crippen molar-refractivity contribution in [3.8, 4) is 5.75 Å². The zero-order chi connectivity index (χ0) is 28.1. The summed E-state index contributed by atoms with van der Waals surface area (Å²) in [5.41, 5.74) is 12.4. The Bertz CT molecular complexity index is 1150. The van der Waals surface area contributed by atoms with Crippen LogP contribution in [0.25, 0.3) is 5.53 Å². The maximum Gasteiger partial charge on any atom is 0.295 e. The van der Waals surface area contributed by atoms with Gasteiger partial charge in [-0.3, -0.25) is 9.59 Å². The minimum Gasteiger partial charge on any atom is -0.482 e. The molecule has 1 aliphatic heterocycles. The lowest BCUT2D eigenvalue weighted by Gasteiger charge is -2.37. The van der Waals surface area contributed by atoms with E-state index in [1.165, 1.54) is 5.56 Å². The van der Waals surface area contributed by atoms with E-state index in [4.69, 9.17) is 10.3 Å². The third kappa shape index (κ3) is 6.35. The molecule has 206 valence electrons. The smallest absolute Gasteiger partial charge is 0.295 e. The van der Waals surface area contributed by atoms with E-state index in [2.05, 4.69) is 58.5 Å². The van der Waals surface area contributed by atoms with Crippen molar-refractivity contribution in [2.75, 3.05) is 6.54 Å². The van der Waals surface area contributed by atoms with Gasteiger partial charge in [0.25, 0.3) is 11.6 Å². The monoisotopic (exact) mass is 519 g/mol. The molecule has 38 heavy (non-hydrogen) atoms. The molecule has 2 aliphatic rings. The number of piperidine rings is 1. The summed E-state index contributed by atoms with van der Waals surface area (Å²) in [5, 5.41) is 0. The van der Waals surface area contributed by atoms with Crippen LogP contribution in [0.1, 0.15) is 105 Å². The zero-order valence-electron chi connectivity index (χ0n) is 24.3. The Kier molecular flexibility index (Phi) is 9.54. The highest BCUT2D eigenvalue weighted by Gasteiger charge is 2.38. The Morgan fingerprint density at radius 3 is 2.37 bits per heavy atom. The van der Waals surface area contributed by atoms with E-state index in [0.29, 0.717) is 37.1 Å². The molecule has 0 radical (unpaired) electrons. The standard InChI is InChI=1S/C32H45N3O3/c1-8-27(38-28-19-16-23(31(4,5)9-2)21-25(28)32(6,7)10-3)29(36)26-13-11-12-20-35(26)30(37)22-14-17-24(34-33)18-15-22/h14-17,19,21,26-27H,8-13,18,20H2,1-7H3. The third-order valence-electron chi connectivity index (χ3n) is 8.67. The van der Waals surface area contributed by atoms with Gasteiger partial charge in [0.2, 0.25) is 0 Å². The fraction of sp³-hybridized carbons (Fsp3) is 0.594. The van der Waals surface area contributed by atoms with Crippen LogP contribution in [0.5, 0.6) is 5.75 Å². The number of likely N-dealkylation sites (tertiary alicyclic amines) is 1. The van der Waals surface area contributed by atoms with E-state index in [-0.39, 0.29) is 22.5 Å². The molecule has 1 aliphatic carbocycles. The fourth-order valence-corrected chi connectivity index (χ4v) is 5.09. The second-order valence-corrected chi connectivity index (χ2v) is 11.9. The van der Waals surface area contributed by atoms with E-state index < -0.39 is 12.1 Å². The first-order valence-electron chi connectivity index (χ1n) is 14.2. The highest BCUT2D eigenvalue weighted by molar-refractivity contribution is 6.04. The second kappa shape index (κ2) is 12.3. The Hall–Kier alpha value is -2.98. The molecule has 0 spiro atoms. The maximum atomic E-state index is 13.9. The number of hydrogen-bond donors (Lipinski definition) is 0. The number of rotatable bonds is 10. The summed E-state index contributed by atoms with van der Waals surface area (Å²) in [7, 11) is 0. The molecule has 3 rings (SSSR count). The van der Waals surface area contributed by atoms with Crippen LogP contribution in [0.2, 0.25) is 0 Å². The number of allylic oxidation sites excluding steroid dienone is 2. The van der Waals surface area contributed by atoms with E-state index in [1.54, 1.807) is 23.1 Å². The van der Waals surface area contributed by atoms with Crippen molar-refractivity contribution >= 4 is 17.4 Å². The Morgan fingerprint density at radius 2 is 1.79 bits per heavy atom. The van der Waals surface area contributed by atoms with Gasteiger partial charge in [0, 0.05) is 23.8 Å².